The first-order chi connectivity index (χ1) is 15.5. The van der Waals surface area contributed by atoms with Gasteiger partial charge in [0.1, 0.15) is 0 Å². The first-order valence-electron chi connectivity index (χ1n) is 10.4. The lowest BCUT2D eigenvalue weighted by Gasteiger charge is -2.10. The molecule has 155 valence electrons. The number of primary amides is 1. The summed E-state index contributed by atoms with van der Waals surface area (Å²) in [6, 6.07) is 29.9. The first-order valence-corrected chi connectivity index (χ1v) is 10.4. The van der Waals surface area contributed by atoms with E-state index in [0.29, 0.717) is 23.2 Å². The van der Waals surface area contributed by atoms with Gasteiger partial charge in [0.05, 0.1) is 11.0 Å². The molecule has 1 aromatic heterocycles. The minimum Gasteiger partial charge on any atom is -0.366 e. The van der Waals surface area contributed by atoms with Crippen LogP contribution in [0.5, 0.6) is 0 Å². The Kier molecular flexibility index (Phi) is 4.83. The van der Waals surface area contributed by atoms with Crippen LogP contribution < -0.4 is 5.73 Å². The SMILES string of the molecule is Cc1c[c]c2c3c(C(N)=O)cccc3n(Cc3cccc(C(=O)c4ccccc4)c3)c2c1. The van der Waals surface area contributed by atoms with Crippen molar-refractivity contribution in [3.63, 3.8) is 0 Å². The number of carbonyl (C=O) groups excluding carboxylic acids is 2. The van der Waals surface area contributed by atoms with Crippen LogP contribution in [0.1, 0.15) is 37.4 Å². The summed E-state index contributed by atoms with van der Waals surface area (Å²) in [6.45, 7) is 2.57. The molecule has 0 aliphatic carbocycles. The first kappa shape index (κ1) is 19.8. The van der Waals surface area contributed by atoms with Crippen LogP contribution in [-0.2, 0) is 6.54 Å². The molecule has 1 radical (unpaired) electrons. The van der Waals surface area contributed by atoms with Gasteiger partial charge in [-0.15, -0.1) is 0 Å². The predicted molar refractivity (Wildman–Crippen MR) is 127 cm³/mol. The van der Waals surface area contributed by atoms with E-state index in [0.717, 1.165) is 32.9 Å². The number of hydrogen-bond acceptors (Lipinski definition) is 2. The van der Waals surface area contributed by atoms with Crippen molar-refractivity contribution in [2.75, 3.05) is 0 Å². The second-order valence-electron chi connectivity index (χ2n) is 7.98. The molecule has 0 spiro atoms. The average Bonchev–Trinajstić information content (AvgIpc) is 3.12. The molecule has 1 amide bonds. The molecule has 4 heteroatoms. The molecular formula is C28H21N2O2. The maximum atomic E-state index is 12.9. The Bertz CT molecular complexity index is 1500. The number of aromatic nitrogens is 1. The summed E-state index contributed by atoms with van der Waals surface area (Å²) in [5.74, 6) is -0.464. The molecule has 0 unspecified atom stereocenters. The van der Waals surface area contributed by atoms with Crippen molar-refractivity contribution >= 4 is 33.5 Å². The molecule has 4 nitrogen and oxygen atoms in total. The summed E-state index contributed by atoms with van der Waals surface area (Å²) in [5.41, 5.74) is 11.4. The monoisotopic (exact) mass is 417 g/mol. The molecule has 5 rings (SSSR count). The van der Waals surface area contributed by atoms with Crippen molar-refractivity contribution in [1.29, 1.82) is 0 Å². The van der Waals surface area contributed by atoms with E-state index >= 15 is 0 Å². The fourth-order valence-corrected chi connectivity index (χ4v) is 4.29. The van der Waals surface area contributed by atoms with Crippen LogP contribution in [0.15, 0.2) is 84.9 Å². The Morgan fingerprint density at radius 3 is 2.41 bits per heavy atom. The molecule has 32 heavy (non-hydrogen) atoms. The Morgan fingerprint density at radius 2 is 1.62 bits per heavy atom. The summed E-state index contributed by atoms with van der Waals surface area (Å²) in [6.07, 6.45) is 0. The second-order valence-corrected chi connectivity index (χ2v) is 7.98. The minimum absolute atomic E-state index is 0.00475. The molecule has 0 aliphatic rings. The van der Waals surface area contributed by atoms with Crippen molar-refractivity contribution in [3.8, 4) is 0 Å². The maximum Gasteiger partial charge on any atom is 0.249 e. The largest absolute Gasteiger partial charge is 0.366 e. The number of amides is 1. The summed E-state index contributed by atoms with van der Waals surface area (Å²) < 4.78 is 2.16. The summed E-state index contributed by atoms with van der Waals surface area (Å²) in [4.78, 5) is 25.0. The van der Waals surface area contributed by atoms with E-state index in [1.807, 2.05) is 79.7 Å². The number of rotatable bonds is 5. The van der Waals surface area contributed by atoms with E-state index in [1.54, 1.807) is 6.07 Å². The van der Waals surface area contributed by atoms with Crippen LogP contribution in [0.4, 0.5) is 0 Å². The molecule has 2 N–H and O–H groups in total. The van der Waals surface area contributed by atoms with Crippen LogP contribution >= 0.6 is 0 Å². The number of benzene rings is 4. The Balaban J connectivity index is 1.65. The van der Waals surface area contributed by atoms with Gasteiger partial charge in [-0.25, -0.2) is 0 Å². The van der Waals surface area contributed by atoms with E-state index in [9.17, 15) is 9.59 Å². The third kappa shape index (κ3) is 3.36. The van der Waals surface area contributed by atoms with Crippen LogP contribution in [0.3, 0.4) is 0 Å². The summed E-state index contributed by atoms with van der Waals surface area (Å²) in [7, 11) is 0. The highest BCUT2D eigenvalue weighted by atomic mass is 16.1. The van der Waals surface area contributed by atoms with Crippen molar-refractivity contribution < 1.29 is 9.59 Å². The zero-order valence-electron chi connectivity index (χ0n) is 17.6. The zero-order chi connectivity index (χ0) is 22.2. The van der Waals surface area contributed by atoms with Gasteiger partial charge >= 0.3 is 0 Å². The number of fused-ring (bicyclic) bond motifs is 3. The number of ketones is 1. The fourth-order valence-electron chi connectivity index (χ4n) is 4.29. The molecular weight excluding hydrogens is 396 g/mol. The molecule has 0 atom stereocenters. The van der Waals surface area contributed by atoms with E-state index in [1.165, 1.54) is 0 Å². The Labute approximate surface area is 185 Å². The molecule has 0 saturated carbocycles. The van der Waals surface area contributed by atoms with Gasteiger partial charge in [-0.3, -0.25) is 9.59 Å². The van der Waals surface area contributed by atoms with Crippen molar-refractivity contribution in [2.24, 2.45) is 5.73 Å². The van der Waals surface area contributed by atoms with Crippen molar-refractivity contribution in [2.45, 2.75) is 13.5 Å². The van der Waals surface area contributed by atoms with Gasteiger partial charge in [0.2, 0.25) is 5.91 Å². The third-order valence-corrected chi connectivity index (χ3v) is 5.77. The van der Waals surface area contributed by atoms with Gasteiger partial charge in [-0.05, 0) is 48.4 Å². The lowest BCUT2D eigenvalue weighted by atomic mass is 10.0. The highest BCUT2D eigenvalue weighted by molar-refractivity contribution is 6.17. The van der Waals surface area contributed by atoms with Crippen molar-refractivity contribution in [3.05, 3.63) is 119 Å². The van der Waals surface area contributed by atoms with Crippen LogP contribution in [-0.4, -0.2) is 16.3 Å². The molecule has 5 aromatic rings. The quantitative estimate of drug-likeness (QED) is 0.395. The topological polar surface area (TPSA) is 65.1 Å². The molecule has 0 bridgehead atoms. The number of hydrogen-bond donors (Lipinski definition) is 1. The van der Waals surface area contributed by atoms with E-state index < -0.39 is 5.91 Å². The summed E-state index contributed by atoms with van der Waals surface area (Å²) in [5, 5.41) is 1.68. The van der Waals surface area contributed by atoms with E-state index in [4.69, 9.17) is 5.73 Å². The molecule has 0 aliphatic heterocycles. The standard InChI is InChI=1S/C28H21N2O2/c1-18-13-14-22-25(15-18)30(24-12-6-11-23(26(22)24)28(29)32)17-19-7-5-10-21(16-19)27(31)20-8-3-2-4-9-20/h2-13,15-16H,17H2,1H3,(H2,29,32). The molecule has 4 aromatic carbocycles. The predicted octanol–water partition coefficient (Wildman–Crippen LogP) is 5.28. The van der Waals surface area contributed by atoms with Crippen LogP contribution in [0.25, 0.3) is 21.8 Å². The maximum absolute atomic E-state index is 12.9. The Hall–Kier alpha value is -4.18. The van der Waals surface area contributed by atoms with Gasteiger partial charge in [-0.2, -0.15) is 0 Å². The highest BCUT2D eigenvalue weighted by Gasteiger charge is 2.17. The minimum atomic E-state index is -0.459. The van der Waals surface area contributed by atoms with E-state index in [-0.39, 0.29) is 5.78 Å². The number of carbonyl (C=O) groups is 2. The molecule has 0 fully saturated rings. The lowest BCUT2D eigenvalue weighted by Crippen LogP contribution is -2.11. The third-order valence-electron chi connectivity index (χ3n) is 5.77. The van der Waals surface area contributed by atoms with Gasteiger partial charge in [-0.1, -0.05) is 60.7 Å². The van der Waals surface area contributed by atoms with E-state index in [2.05, 4.69) is 16.7 Å². The highest BCUT2D eigenvalue weighted by Crippen LogP contribution is 2.32. The van der Waals surface area contributed by atoms with Crippen LogP contribution in [0, 0.1) is 13.0 Å². The average molecular weight is 417 g/mol. The lowest BCUT2D eigenvalue weighted by molar-refractivity contribution is 0.1000. The summed E-state index contributed by atoms with van der Waals surface area (Å²) >= 11 is 0. The Morgan fingerprint density at radius 1 is 0.875 bits per heavy atom. The van der Waals surface area contributed by atoms with Gasteiger partial charge in [0.15, 0.2) is 5.78 Å². The number of aryl methyl sites for hydroxylation is 1. The smallest absolute Gasteiger partial charge is 0.249 e. The molecule has 1 heterocycles. The normalized spacial score (nSPS) is 11.2. The second kappa shape index (κ2) is 7.82. The van der Waals surface area contributed by atoms with Gasteiger partial charge in [0, 0.05) is 34.0 Å². The van der Waals surface area contributed by atoms with Crippen LogP contribution in [0.2, 0.25) is 0 Å². The molecule has 0 saturated heterocycles. The van der Waals surface area contributed by atoms with Crippen molar-refractivity contribution in [1.82, 2.24) is 4.57 Å². The number of nitrogens with two attached hydrogens (primary N) is 1. The van der Waals surface area contributed by atoms with Gasteiger partial charge < -0.3 is 10.3 Å². The van der Waals surface area contributed by atoms with Gasteiger partial charge in [0.25, 0.3) is 0 Å². The zero-order valence-corrected chi connectivity index (χ0v) is 17.6. The fraction of sp³-hybridized carbons (Fsp3) is 0.0714. The number of nitrogens with zero attached hydrogens (tertiary/aromatic N) is 1.